The smallest absolute Gasteiger partial charge is 0.550 e. The third kappa shape index (κ3) is 7.41. The van der Waals surface area contributed by atoms with Crippen molar-refractivity contribution < 1.29 is 123 Å². The first kappa shape index (κ1) is 20.5. The third-order valence-electron chi connectivity index (χ3n) is 1.99. The molecule has 1 rings (SSSR count). The van der Waals surface area contributed by atoms with E-state index >= 15 is 0 Å². The quantitative estimate of drug-likeness (QED) is 0.437. The summed E-state index contributed by atoms with van der Waals surface area (Å²) in [5.74, 6) is -4.07. The zero-order valence-corrected chi connectivity index (χ0v) is 16.1. The summed E-state index contributed by atoms with van der Waals surface area (Å²) in [7, 11) is 0. The van der Waals surface area contributed by atoms with E-state index in [1.807, 2.05) is 0 Å². The molecule has 17 heavy (non-hydrogen) atoms. The Morgan fingerprint density at radius 3 is 1.94 bits per heavy atom. The van der Waals surface area contributed by atoms with Crippen molar-refractivity contribution in [3.8, 4) is 0 Å². The van der Waals surface area contributed by atoms with E-state index in [0.717, 1.165) is 0 Å². The van der Waals surface area contributed by atoms with Gasteiger partial charge < -0.3 is 25.5 Å². The first-order valence-electron chi connectivity index (χ1n) is 4.27. The molecule has 0 saturated heterocycles. The standard InChI is InChI=1S/C10H11NO4.2K/c11-7-3-1-6(2-4-7)8(10(14)15)5-9(12)13;;/h1-4,8H,5,11H2,(H,12,13)(H,14,15);;/q;2*+1/p-2. The number of hydrogen-bond donors (Lipinski definition) is 1. The number of rotatable bonds is 4. The molecule has 0 fully saturated rings. The molecule has 0 bridgehead atoms. The Bertz CT molecular complexity index is 380. The van der Waals surface area contributed by atoms with Crippen molar-refractivity contribution in [2.24, 2.45) is 0 Å². The zero-order valence-electron chi connectivity index (χ0n) is 9.80. The van der Waals surface area contributed by atoms with E-state index < -0.39 is 24.3 Å². The molecule has 0 aliphatic rings. The SMILES string of the molecule is Nc1ccc(C(CC(=O)[O-])C(=O)[O-])cc1.[K+].[K+]. The summed E-state index contributed by atoms with van der Waals surface area (Å²) in [5.41, 5.74) is 6.23. The number of carbonyl (C=O) groups is 2. The predicted octanol–water partition coefficient (Wildman–Crippen LogP) is -7.75. The van der Waals surface area contributed by atoms with Gasteiger partial charge in [-0.15, -0.1) is 0 Å². The molecule has 0 aliphatic carbocycles. The monoisotopic (exact) mass is 285 g/mol. The molecule has 0 spiro atoms. The molecule has 0 aliphatic heterocycles. The normalized spacial score (nSPS) is 10.6. The van der Waals surface area contributed by atoms with Gasteiger partial charge in [-0.3, -0.25) is 0 Å². The van der Waals surface area contributed by atoms with E-state index in [1.165, 1.54) is 24.3 Å². The van der Waals surface area contributed by atoms with Crippen LogP contribution < -0.4 is 119 Å². The Morgan fingerprint density at radius 2 is 1.59 bits per heavy atom. The fourth-order valence-electron chi connectivity index (χ4n) is 1.23. The van der Waals surface area contributed by atoms with Gasteiger partial charge in [0.2, 0.25) is 0 Å². The van der Waals surface area contributed by atoms with Gasteiger partial charge in [0.1, 0.15) is 0 Å². The fraction of sp³-hybridized carbons (Fsp3) is 0.200. The molecular formula is C10H9K2NO4. The van der Waals surface area contributed by atoms with Gasteiger partial charge in [-0.2, -0.15) is 0 Å². The minimum Gasteiger partial charge on any atom is -0.550 e. The number of hydrogen-bond acceptors (Lipinski definition) is 5. The molecule has 2 N–H and O–H groups in total. The van der Waals surface area contributed by atoms with Gasteiger partial charge in [0.05, 0.1) is 0 Å². The molecule has 7 heteroatoms. The number of carbonyl (C=O) groups excluding carboxylic acids is 2. The van der Waals surface area contributed by atoms with Crippen LogP contribution in [0.4, 0.5) is 5.69 Å². The van der Waals surface area contributed by atoms with Crippen molar-refractivity contribution in [3.05, 3.63) is 29.8 Å². The van der Waals surface area contributed by atoms with Gasteiger partial charge in [-0.25, -0.2) is 0 Å². The maximum atomic E-state index is 10.7. The van der Waals surface area contributed by atoms with Crippen LogP contribution in [0.25, 0.3) is 0 Å². The van der Waals surface area contributed by atoms with Gasteiger partial charge in [-0.1, -0.05) is 12.1 Å². The summed E-state index contributed by atoms with van der Waals surface area (Å²) in [6, 6.07) is 5.92. The van der Waals surface area contributed by atoms with E-state index in [0.29, 0.717) is 11.3 Å². The molecule has 1 atom stereocenters. The molecule has 0 saturated carbocycles. The molecule has 0 aromatic heterocycles. The average molecular weight is 285 g/mol. The Morgan fingerprint density at radius 1 is 1.12 bits per heavy atom. The minimum absolute atomic E-state index is 0. The molecule has 0 heterocycles. The number of nitrogens with two attached hydrogens (primary N) is 1. The summed E-state index contributed by atoms with van der Waals surface area (Å²) in [6.45, 7) is 0. The second-order valence-corrected chi connectivity index (χ2v) is 3.11. The largest absolute Gasteiger partial charge is 1.00 e. The van der Waals surface area contributed by atoms with Crippen molar-refractivity contribution in [2.45, 2.75) is 12.3 Å². The van der Waals surface area contributed by atoms with Gasteiger partial charge >= 0.3 is 103 Å². The Hall–Kier alpha value is 1.23. The predicted molar refractivity (Wildman–Crippen MR) is 48.2 cm³/mol. The van der Waals surface area contributed by atoms with Crippen molar-refractivity contribution in [3.63, 3.8) is 0 Å². The number of nitrogen functional groups attached to an aromatic ring is 1. The van der Waals surface area contributed by atoms with Gasteiger partial charge in [-0.05, 0) is 24.1 Å². The second kappa shape index (κ2) is 10.1. The second-order valence-electron chi connectivity index (χ2n) is 3.11. The fourth-order valence-corrected chi connectivity index (χ4v) is 1.23. The van der Waals surface area contributed by atoms with Gasteiger partial charge in [0.15, 0.2) is 0 Å². The van der Waals surface area contributed by atoms with Crippen LogP contribution in [0, 0.1) is 0 Å². The summed E-state index contributed by atoms with van der Waals surface area (Å²) in [4.78, 5) is 21.0. The summed E-state index contributed by atoms with van der Waals surface area (Å²) >= 11 is 0. The van der Waals surface area contributed by atoms with Crippen LogP contribution >= 0.6 is 0 Å². The Labute approximate surface area is 184 Å². The first-order valence-corrected chi connectivity index (χ1v) is 4.27. The molecule has 80 valence electrons. The van der Waals surface area contributed by atoms with Crippen LogP contribution in [-0.2, 0) is 9.59 Å². The van der Waals surface area contributed by atoms with Crippen LogP contribution in [0.5, 0.6) is 0 Å². The van der Waals surface area contributed by atoms with E-state index in [4.69, 9.17) is 5.73 Å². The molecule has 1 aromatic rings. The molecule has 5 nitrogen and oxygen atoms in total. The van der Waals surface area contributed by atoms with Gasteiger partial charge in [0.25, 0.3) is 0 Å². The van der Waals surface area contributed by atoms with Gasteiger partial charge in [0, 0.05) is 23.5 Å². The van der Waals surface area contributed by atoms with E-state index in [9.17, 15) is 19.8 Å². The van der Waals surface area contributed by atoms with Crippen LogP contribution in [0.1, 0.15) is 17.9 Å². The molecule has 1 unspecified atom stereocenters. The first-order chi connectivity index (χ1) is 7.00. The average Bonchev–Trinajstić information content (AvgIpc) is 2.15. The number of anilines is 1. The maximum Gasteiger partial charge on any atom is 1.00 e. The molecular weight excluding hydrogens is 276 g/mol. The minimum atomic E-state index is -1.44. The Balaban J connectivity index is 0. The van der Waals surface area contributed by atoms with Crippen molar-refractivity contribution in [2.75, 3.05) is 5.73 Å². The topological polar surface area (TPSA) is 106 Å². The van der Waals surface area contributed by atoms with E-state index in [1.54, 1.807) is 0 Å². The molecule has 0 radical (unpaired) electrons. The van der Waals surface area contributed by atoms with Crippen molar-refractivity contribution >= 4 is 17.6 Å². The molecule has 0 amide bonds. The number of aliphatic carboxylic acids is 2. The van der Waals surface area contributed by atoms with Crippen LogP contribution in [0.2, 0.25) is 0 Å². The number of carboxylic acids is 2. The summed E-state index contributed by atoms with van der Waals surface area (Å²) in [5, 5.41) is 21.0. The van der Waals surface area contributed by atoms with Crippen molar-refractivity contribution in [1.29, 1.82) is 0 Å². The number of carboxylic acid groups (broad SMARTS) is 2. The van der Waals surface area contributed by atoms with Crippen molar-refractivity contribution in [1.82, 2.24) is 0 Å². The third-order valence-corrected chi connectivity index (χ3v) is 1.99. The van der Waals surface area contributed by atoms with Crippen LogP contribution in [0.3, 0.4) is 0 Å². The van der Waals surface area contributed by atoms with E-state index in [-0.39, 0.29) is 103 Å². The number of benzene rings is 1. The van der Waals surface area contributed by atoms with E-state index in [2.05, 4.69) is 0 Å². The Kier molecular flexibility index (Phi) is 12.2. The van der Waals surface area contributed by atoms with Crippen LogP contribution in [-0.4, -0.2) is 11.9 Å². The van der Waals surface area contributed by atoms with Crippen LogP contribution in [0.15, 0.2) is 24.3 Å². The summed E-state index contributed by atoms with van der Waals surface area (Å²) in [6.07, 6.45) is -0.605. The summed E-state index contributed by atoms with van der Waals surface area (Å²) < 4.78 is 0. The molecule has 1 aromatic carbocycles. The maximum absolute atomic E-state index is 10.7. The zero-order chi connectivity index (χ0) is 11.4.